The van der Waals surface area contributed by atoms with E-state index in [9.17, 15) is 9.90 Å². The van der Waals surface area contributed by atoms with Crippen molar-refractivity contribution in [2.45, 2.75) is 6.42 Å². The molecule has 0 heterocycles. The van der Waals surface area contributed by atoms with Crippen LogP contribution in [-0.2, 0) is 4.79 Å². The second-order valence-corrected chi connectivity index (χ2v) is 2.42. The van der Waals surface area contributed by atoms with Gasteiger partial charge in [0.2, 0.25) is 0 Å². The molecule has 1 rings (SSSR count). The lowest BCUT2D eigenvalue weighted by molar-refractivity contribution is -0.135. The molecule has 0 radical (unpaired) electrons. The van der Waals surface area contributed by atoms with E-state index in [1.807, 2.05) is 0 Å². The fraction of sp³-hybridized carbons (Fsp3) is 0.222. The molecule has 4 nitrogen and oxygen atoms in total. The highest BCUT2D eigenvalue weighted by molar-refractivity contribution is 5.73. The number of benzene rings is 1. The molecule has 0 saturated carbocycles. The minimum absolute atomic E-state index is 0.0751. The largest absolute Gasteiger partial charge is 0.504 e. The number of phenolic OH excluding ortho intramolecular Hbond substituents is 1. The molecule has 1 aromatic carbocycles. The van der Waals surface area contributed by atoms with E-state index >= 15 is 0 Å². The van der Waals surface area contributed by atoms with Crippen molar-refractivity contribution in [2.75, 3.05) is 6.61 Å². The van der Waals surface area contributed by atoms with Gasteiger partial charge in [-0.1, -0.05) is 12.1 Å². The molecule has 2 N–H and O–H groups in total. The predicted octanol–water partition coefficient (Wildman–Crippen LogP) is 0.680. The van der Waals surface area contributed by atoms with Crippen molar-refractivity contribution in [1.82, 2.24) is 0 Å². The highest BCUT2D eigenvalue weighted by Crippen LogP contribution is 2.24. The summed E-state index contributed by atoms with van der Waals surface area (Å²) in [6, 6.07) is 6.16. The van der Waals surface area contributed by atoms with Crippen molar-refractivity contribution in [1.29, 1.82) is 0 Å². The van der Waals surface area contributed by atoms with Crippen molar-refractivity contribution in [3.63, 3.8) is 0 Å². The molecule has 0 bridgehead atoms. The number of ether oxygens (including phenoxy) is 1. The highest BCUT2D eigenvalue weighted by atomic mass is 16.5. The summed E-state index contributed by atoms with van der Waals surface area (Å²) in [5.74, 6) is -0.543. The van der Waals surface area contributed by atoms with Crippen LogP contribution >= 0.6 is 0 Å². The Kier molecular flexibility index (Phi) is 3.28. The van der Waals surface area contributed by atoms with Gasteiger partial charge in [-0.3, -0.25) is 4.79 Å². The zero-order chi connectivity index (χ0) is 9.68. The fourth-order valence-electron chi connectivity index (χ4n) is 0.808. The SMILES string of the molecule is O=C(CCO)Oc1ccccc1O. The quantitative estimate of drug-likeness (QED) is 0.533. The van der Waals surface area contributed by atoms with Crippen LogP contribution in [0.4, 0.5) is 0 Å². The molecular formula is C9H10O4. The average molecular weight is 182 g/mol. The first-order chi connectivity index (χ1) is 6.24. The van der Waals surface area contributed by atoms with Crippen molar-refractivity contribution < 1.29 is 19.7 Å². The smallest absolute Gasteiger partial charge is 0.313 e. The van der Waals surface area contributed by atoms with Crippen LogP contribution < -0.4 is 4.74 Å². The number of aliphatic hydroxyl groups is 1. The summed E-state index contributed by atoms with van der Waals surface area (Å²) in [5.41, 5.74) is 0. The van der Waals surface area contributed by atoms with Crippen LogP contribution in [0.5, 0.6) is 11.5 Å². The van der Waals surface area contributed by atoms with E-state index in [1.165, 1.54) is 12.1 Å². The van der Waals surface area contributed by atoms with E-state index in [1.54, 1.807) is 12.1 Å². The molecule has 13 heavy (non-hydrogen) atoms. The summed E-state index contributed by atoms with van der Waals surface area (Å²) in [7, 11) is 0. The first-order valence-corrected chi connectivity index (χ1v) is 3.83. The average Bonchev–Trinajstić information content (AvgIpc) is 2.09. The fourth-order valence-corrected chi connectivity index (χ4v) is 0.808. The molecule has 0 aliphatic heterocycles. The minimum Gasteiger partial charge on any atom is -0.504 e. The van der Waals surface area contributed by atoms with Crippen molar-refractivity contribution >= 4 is 5.97 Å². The second-order valence-electron chi connectivity index (χ2n) is 2.42. The van der Waals surface area contributed by atoms with Crippen LogP contribution in [-0.4, -0.2) is 22.8 Å². The Balaban J connectivity index is 2.63. The number of aromatic hydroxyl groups is 1. The van der Waals surface area contributed by atoms with Gasteiger partial charge in [0.1, 0.15) is 0 Å². The molecule has 0 saturated heterocycles. The number of phenols is 1. The number of aliphatic hydroxyl groups excluding tert-OH is 1. The first kappa shape index (κ1) is 9.54. The lowest BCUT2D eigenvalue weighted by atomic mass is 10.3. The maximum absolute atomic E-state index is 10.9. The zero-order valence-electron chi connectivity index (χ0n) is 6.93. The molecule has 0 amide bonds. The number of rotatable bonds is 3. The van der Waals surface area contributed by atoms with E-state index in [4.69, 9.17) is 9.84 Å². The van der Waals surface area contributed by atoms with Crippen LogP contribution in [0.3, 0.4) is 0 Å². The molecule has 0 aromatic heterocycles. The molecule has 0 atom stereocenters. The van der Waals surface area contributed by atoms with E-state index in [0.29, 0.717) is 0 Å². The summed E-state index contributed by atoms with van der Waals surface area (Å²) in [5, 5.41) is 17.6. The summed E-state index contributed by atoms with van der Waals surface area (Å²) in [6.07, 6.45) is -0.0751. The summed E-state index contributed by atoms with van der Waals surface area (Å²) in [6.45, 7) is -0.258. The van der Waals surface area contributed by atoms with Gasteiger partial charge in [0.15, 0.2) is 11.5 Å². The summed E-state index contributed by atoms with van der Waals surface area (Å²) in [4.78, 5) is 10.9. The third-order valence-electron chi connectivity index (χ3n) is 1.40. The van der Waals surface area contributed by atoms with Crippen LogP contribution in [0.25, 0.3) is 0 Å². The van der Waals surface area contributed by atoms with Crippen LogP contribution in [0, 0.1) is 0 Å². The molecule has 0 unspecified atom stereocenters. The number of carbonyl (C=O) groups is 1. The molecule has 0 aliphatic carbocycles. The van der Waals surface area contributed by atoms with Crippen molar-refractivity contribution in [3.05, 3.63) is 24.3 Å². The summed E-state index contributed by atoms with van der Waals surface area (Å²) >= 11 is 0. The predicted molar refractivity (Wildman–Crippen MR) is 45.4 cm³/mol. The molecule has 4 heteroatoms. The van der Waals surface area contributed by atoms with Crippen LogP contribution in [0.1, 0.15) is 6.42 Å². The van der Waals surface area contributed by atoms with Gasteiger partial charge in [0, 0.05) is 0 Å². The van der Waals surface area contributed by atoms with E-state index in [2.05, 4.69) is 0 Å². The number of carbonyl (C=O) groups excluding carboxylic acids is 1. The van der Waals surface area contributed by atoms with Gasteiger partial charge >= 0.3 is 5.97 Å². The third kappa shape index (κ3) is 2.76. The Morgan fingerprint density at radius 3 is 2.69 bits per heavy atom. The molecule has 0 aliphatic rings. The lowest BCUT2D eigenvalue weighted by Crippen LogP contribution is -2.09. The Morgan fingerprint density at radius 2 is 2.08 bits per heavy atom. The highest BCUT2D eigenvalue weighted by Gasteiger charge is 2.06. The topological polar surface area (TPSA) is 66.8 Å². The van der Waals surface area contributed by atoms with Crippen LogP contribution in [0.2, 0.25) is 0 Å². The maximum atomic E-state index is 10.9. The van der Waals surface area contributed by atoms with Gasteiger partial charge in [0.25, 0.3) is 0 Å². The third-order valence-corrected chi connectivity index (χ3v) is 1.40. The molecule has 0 fully saturated rings. The normalized spacial score (nSPS) is 9.62. The molecular weight excluding hydrogens is 172 g/mol. The Hall–Kier alpha value is -1.55. The van der Waals surface area contributed by atoms with Gasteiger partial charge in [-0.25, -0.2) is 0 Å². The summed E-state index contributed by atoms with van der Waals surface area (Å²) < 4.78 is 4.74. The first-order valence-electron chi connectivity index (χ1n) is 3.83. The monoisotopic (exact) mass is 182 g/mol. The Labute approximate surface area is 75.4 Å². The van der Waals surface area contributed by atoms with E-state index in [0.717, 1.165) is 0 Å². The van der Waals surface area contributed by atoms with Gasteiger partial charge in [-0.05, 0) is 12.1 Å². The molecule has 0 spiro atoms. The zero-order valence-corrected chi connectivity index (χ0v) is 6.93. The Bertz CT molecular complexity index is 295. The van der Waals surface area contributed by atoms with Crippen molar-refractivity contribution in [3.8, 4) is 11.5 Å². The molecule has 70 valence electrons. The maximum Gasteiger partial charge on any atom is 0.313 e. The minimum atomic E-state index is -0.566. The van der Waals surface area contributed by atoms with Crippen LogP contribution in [0.15, 0.2) is 24.3 Å². The number of hydrogen-bond acceptors (Lipinski definition) is 4. The standard InChI is InChI=1S/C9H10O4/c10-6-5-9(12)13-8-4-2-1-3-7(8)11/h1-4,10-11H,5-6H2. The lowest BCUT2D eigenvalue weighted by Gasteiger charge is -2.03. The number of hydrogen-bond donors (Lipinski definition) is 2. The number of para-hydroxylation sites is 2. The van der Waals surface area contributed by atoms with Crippen molar-refractivity contribution in [2.24, 2.45) is 0 Å². The second kappa shape index (κ2) is 4.47. The van der Waals surface area contributed by atoms with Gasteiger partial charge < -0.3 is 14.9 Å². The van der Waals surface area contributed by atoms with E-state index in [-0.39, 0.29) is 24.5 Å². The van der Waals surface area contributed by atoms with E-state index < -0.39 is 5.97 Å². The van der Waals surface area contributed by atoms with Gasteiger partial charge in [-0.15, -0.1) is 0 Å². The van der Waals surface area contributed by atoms with Gasteiger partial charge in [0.05, 0.1) is 13.0 Å². The molecule has 1 aromatic rings. The Morgan fingerprint density at radius 1 is 1.38 bits per heavy atom. The number of esters is 1. The van der Waals surface area contributed by atoms with Gasteiger partial charge in [-0.2, -0.15) is 0 Å².